The van der Waals surface area contributed by atoms with E-state index in [2.05, 4.69) is 16.7 Å². The van der Waals surface area contributed by atoms with Crippen LogP contribution < -0.4 is 0 Å². The van der Waals surface area contributed by atoms with Crippen LogP contribution in [0.25, 0.3) is 0 Å². The summed E-state index contributed by atoms with van der Waals surface area (Å²) < 4.78 is 19.9. The Hall–Kier alpha value is -1.79. The van der Waals surface area contributed by atoms with Crippen molar-refractivity contribution in [1.29, 1.82) is 0 Å². The number of rotatable bonds is 7. The lowest BCUT2D eigenvalue weighted by Crippen LogP contribution is -2.54. The highest BCUT2D eigenvalue weighted by molar-refractivity contribution is 5.81. The highest BCUT2D eigenvalue weighted by Gasteiger charge is 2.33. The quantitative estimate of drug-likeness (QED) is 0.612. The van der Waals surface area contributed by atoms with Crippen molar-refractivity contribution in [2.75, 3.05) is 32.8 Å². The minimum atomic E-state index is -0.271. The maximum Gasteiger partial charge on any atom is 0.226 e. The van der Waals surface area contributed by atoms with Crippen molar-refractivity contribution in [3.05, 3.63) is 34.6 Å². The number of carbonyl (C=O) groups is 2. The Morgan fingerprint density at radius 1 is 1.06 bits per heavy atom. The van der Waals surface area contributed by atoms with E-state index in [4.69, 9.17) is 4.74 Å². The molecule has 0 bridgehead atoms. The molecule has 182 valence electrons. The summed E-state index contributed by atoms with van der Waals surface area (Å²) in [5.74, 6) is 0.851. The number of ketones is 1. The van der Waals surface area contributed by atoms with Crippen molar-refractivity contribution in [2.24, 2.45) is 11.8 Å². The average molecular weight is 459 g/mol. The molecule has 1 amide bonds. The lowest BCUT2D eigenvalue weighted by atomic mass is 9.90. The van der Waals surface area contributed by atoms with Gasteiger partial charge in [0.15, 0.2) is 0 Å². The minimum absolute atomic E-state index is 0.168. The maximum atomic E-state index is 14.5. The van der Waals surface area contributed by atoms with Crippen molar-refractivity contribution in [1.82, 2.24) is 9.80 Å². The normalized spacial score (nSPS) is 23.2. The molecule has 33 heavy (non-hydrogen) atoms. The van der Waals surface area contributed by atoms with E-state index in [-0.39, 0.29) is 23.6 Å². The van der Waals surface area contributed by atoms with Gasteiger partial charge in [0.05, 0.1) is 0 Å². The Labute approximate surface area is 197 Å². The maximum absolute atomic E-state index is 14.5. The van der Waals surface area contributed by atoms with Crippen LogP contribution in [0.15, 0.2) is 12.1 Å². The minimum Gasteiger partial charge on any atom is -0.381 e. The molecule has 4 rings (SSSR count). The monoisotopic (exact) mass is 458 g/mol. The second-order valence-corrected chi connectivity index (χ2v) is 10.4. The summed E-state index contributed by atoms with van der Waals surface area (Å²) in [6, 6.07) is 3.31. The smallest absolute Gasteiger partial charge is 0.226 e. The van der Waals surface area contributed by atoms with Gasteiger partial charge >= 0.3 is 0 Å². The third-order valence-corrected chi connectivity index (χ3v) is 7.93. The summed E-state index contributed by atoms with van der Waals surface area (Å²) >= 11 is 0. The number of carbonyl (C=O) groups excluding carboxylic acids is 2. The van der Waals surface area contributed by atoms with Crippen LogP contribution in [-0.4, -0.2) is 60.4 Å². The summed E-state index contributed by atoms with van der Waals surface area (Å²) in [6.45, 7) is 8.59. The van der Waals surface area contributed by atoms with Gasteiger partial charge in [0, 0.05) is 64.2 Å². The molecule has 1 atom stereocenters. The first-order valence-electron chi connectivity index (χ1n) is 12.8. The van der Waals surface area contributed by atoms with E-state index in [1.165, 1.54) is 18.9 Å². The molecule has 3 aliphatic rings. The van der Waals surface area contributed by atoms with Gasteiger partial charge < -0.3 is 9.64 Å². The molecule has 1 aromatic rings. The topological polar surface area (TPSA) is 49.9 Å². The van der Waals surface area contributed by atoms with E-state index in [1.54, 1.807) is 6.07 Å². The third kappa shape index (κ3) is 6.21. The van der Waals surface area contributed by atoms with Gasteiger partial charge in [0.1, 0.15) is 11.6 Å². The predicted octanol–water partition coefficient (Wildman–Crippen LogP) is 4.29. The van der Waals surface area contributed by atoms with Crippen LogP contribution in [0, 0.1) is 24.6 Å². The van der Waals surface area contributed by atoms with Gasteiger partial charge in [-0.1, -0.05) is 12.8 Å². The molecule has 0 unspecified atom stereocenters. The van der Waals surface area contributed by atoms with E-state index in [9.17, 15) is 14.0 Å². The first kappa shape index (κ1) is 24.3. The summed E-state index contributed by atoms with van der Waals surface area (Å²) in [7, 11) is 0. The molecule has 6 heteroatoms. The molecule has 2 aliphatic heterocycles. The van der Waals surface area contributed by atoms with Gasteiger partial charge in [-0.05, 0) is 74.3 Å². The van der Waals surface area contributed by atoms with Gasteiger partial charge in [-0.25, -0.2) is 4.39 Å². The fourth-order valence-electron chi connectivity index (χ4n) is 5.85. The number of halogens is 1. The molecule has 3 fully saturated rings. The number of piperazine rings is 1. The molecular formula is C27H39FN2O3. The Kier molecular flexibility index (Phi) is 8.18. The number of hydrogen-bond acceptors (Lipinski definition) is 4. The summed E-state index contributed by atoms with van der Waals surface area (Å²) in [4.78, 5) is 29.9. The first-order valence-corrected chi connectivity index (χ1v) is 12.8. The molecule has 1 saturated carbocycles. The molecule has 5 nitrogen and oxygen atoms in total. The second-order valence-electron chi connectivity index (χ2n) is 10.4. The molecule has 1 aromatic carbocycles. The molecular weight excluding hydrogens is 419 g/mol. The van der Waals surface area contributed by atoms with Gasteiger partial charge in [0.25, 0.3) is 0 Å². The third-order valence-electron chi connectivity index (χ3n) is 7.93. The second kappa shape index (κ2) is 11.1. The van der Waals surface area contributed by atoms with E-state index in [0.29, 0.717) is 31.2 Å². The van der Waals surface area contributed by atoms with Crippen molar-refractivity contribution in [2.45, 2.75) is 77.8 Å². The molecule has 0 N–H and O–H groups in total. The molecule has 0 aromatic heterocycles. The number of benzene rings is 1. The number of Topliss-reactive ketones (excluding diaryl/α,β-unsaturated/α-hetero) is 1. The summed E-state index contributed by atoms with van der Waals surface area (Å²) in [5, 5.41) is 0. The average Bonchev–Trinajstić information content (AvgIpc) is 3.32. The lowest BCUT2D eigenvalue weighted by molar-refractivity contribution is -0.140. The first-order chi connectivity index (χ1) is 15.9. The molecule has 2 heterocycles. The van der Waals surface area contributed by atoms with Crippen LogP contribution in [0.3, 0.4) is 0 Å². The number of hydrogen-bond donors (Lipinski definition) is 0. The molecule has 2 saturated heterocycles. The van der Waals surface area contributed by atoms with Crippen molar-refractivity contribution in [3.8, 4) is 0 Å². The Bertz CT molecular complexity index is 846. The molecule has 0 radical (unpaired) electrons. The number of ether oxygens (including phenoxy) is 1. The zero-order valence-corrected chi connectivity index (χ0v) is 20.3. The van der Waals surface area contributed by atoms with Gasteiger partial charge in [-0.3, -0.25) is 14.5 Å². The SMILES string of the molecule is Cc1c(CC(=O)CC2CCOCC2)cc(F)cc1CN1CCN(C(=O)C2CCCC2)[C@@H](C)C1. The van der Waals surface area contributed by atoms with Gasteiger partial charge in [-0.15, -0.1) is 0 Å². The van der Waals surface area contributed by atoms with Crippen LogP contribution in [0.2, 0.25) is 0 Å². The molecule has 1 aliphatic carbocycles. The van der Waals surface area contributed by atoms with Crippen molar-refractivity contribution >= 4 is 11.7 Å². The van der Waals surface area contributed by atoms with Crippen LogP contribution in [0.1, 0.15) is 68.6 Å². The summed E-state index contributed by atoms with van der Waals surface area (Å²) in [6.07, 6.45) is 7.14. The lowest BCUT2D eigenvalue weighted by Gasteiger charge is -2.41. The standard InChI is InChI=1S/C27H39FN2O3/c1-19-17-29(9-10-30(19)27(32)22-5-3-4-6-22)18-24-15-25(28)14-23(20(24)2)16-26(31)13-21-7-11-33-12-8-21/h14-15,19,21-22H,3-13,16-18H2,1-2H3/t19-/m0/s1. The van der Waals surface area contributed by atoms with E-state index in [1.807, 2.05) is 6.92 Å². The van der Waals surface area contributed by atoms with Gasteiger partial charge in [0.2, 0.25) is 5.91 Å². The highest BCUT2D eigenvalue weighted by atomic mass is 19.1. The van der Waals surface area contributed by atoms with E-state index < -0.39 is 0 Å². The Morgan fingerprint density at radius 3 is 2.45 bits per heavy atom. The molecule has 0 spiro atoms. The largest absolute Gasteiger partial charge is 0.381 e. The van der Waals surface area contributed by atoms with Gasteiger partial charge in [-0.2, -0.15) is 0 Å². The van der Waals surface area contributed by atoms with E-state index >= 15 is 0 Å². The zero-order valence-electron chi connectivity index (χ0n) is 20.3. The van der Waals surface area contributed by atoms with E-state index in [0.717, 1.165) is 75.2 Å². The van der Waals surface area contributed by atoms with Crippen LogP contribution >= 0.6 is 0 Å². The number of nitrogens with zero attached hydrogens (tertiary/aromatic N) is 2. The van der Waals surface area contributed by atoms with Crippen molar-refractivity contribution in [3.63, 3.8) is 0 Å². The fourth-order valence-corrected chi connectivity index (χ4v) is 5.85. The predicted molar refractivity (Wildman–Crippen MR) is 126 cm³/mol. The van der Waals surface area contributed by atoms with Crippen LogP contribution in [0.5, 0.6) is 0 Å². The zero-order chi connectivity index (χ0) is 23.4. The fraction of sp³-hybridized carbons (Fsp3) is 0.704. The number of amides is 1. The Balaban J connectivity index is 1.35. The van der Waals surface area contributed by atoms with Crippen molar-refractivity contribution < 1.29 is 18.7 Å². The highest BCUT2D eigenvalue weighted by Crippen LogP contribution is 2.29. The summed E-state index contributed by atoms with van der Waals surface area (Å²) in [5.41, 5.74) is 2.78. The van der Waals surface area contributed by atoms with Crippen LogP contribution in [0.4, 0.5) is 4.39 Å². The van der Waals surface area contributed by atoms with Crippen LogP contribution in [-0.2, 0) is 27.3 Å². The Morgan fingerprint density at radius 2 is 1.76 bits per heavy atom.